The molecule has 1 aromatic carbocycles. The van der Waals surface area contributed by atoms with Gasteiger partial charge < -0.3 is 14.8 Å². The van der Waals surface area contributed by atoms with Gasteiger partial charge in [0.15, 0.2) is 6.61 Å². The van der Waals surface area contributed by atoms with Crippen molar-refractivity contribution in [3.05, 3.63) is 29.8 Å². The molecule has 1 aromatic rings. The first kappa shape index (κ1) is 19.8. The quantitative estimate of drug-likeness (QED) is 0.759. The summed E-state index contributed by atoms with van der Waals surface area (Å²) in [5.41, 5.74) is 0.0214. The van der Waals surface area contributed by atoms with E-state index in [9.17, 15) is 14.4 Å². The number of hydrogen-bond acceptors (Lipinski definition) is 5. The summed E-state index contributed by atoms with van der Waals surface area (Å²) in [6.45, 7) is 6.89. The van der Waals surface area contributed by atoms with Gasteiger partial charge in [0.2, 0.25) is 0 Å². The van der Waals surface area contributed by atoms with Gasteiger partial charge in [-0.05, 0) is 64.7 Å². The van der Waals surface area contributed by atoms with Crippen molar-refractivity contribution in [2.24, 2.45) is 5.92 Å². The highest BCUT2D eigenvalue weighted by molar-refractivity contribution is 5.93. The van der Waals surface area contributed by atoms with E-state index >= 15 is 0 Å². The Balaban J connectivity index is 1.84. The van der Waals surface area contributed by atoms with Gasteiger partial charge in [-0.1, -0.05) is 6.07 Å². The van der Waals surface area contributed by atoms with Crippen LogP contribution in [0.25, 0.3) is 0 Å². The van der Waals surface area contributed by atoms with Crippen LogP contribution in [-0.2, 0) is 14.3 Å². The van der Waals surface area contributed by atoms with Gasteiger partial charge in [0.25, 0.3) is 5.91 Å². The number of hydrogen-bond donors (Lipinski definition) is 2. The summed E-state index contributed by atoms with van der Waals surface area (Å²) >= 11 is 0. The van der Waals surface area contributed by atoms with E-state index in [4.69, 9.17) is 9.47 Å². The molecular formula is C19H26N2O5. The zero-order valence-electron chi connectivity index (χ0n) is 15.6. The summed E-state index contributed by atoms with van der Waals surface area (Å²) < 4.78 is 10.2. The van der Waals surface area contributed by atoms with Crippen LogP contribution in [0.15, 0.2) is 24.3 Å². The maximum Gasteiger partial charge on any atom is 0.412 e. The molecule has 0 radical (unpaired) electrons. The highest BCUT2D eigenvalue weighted by Crippen LogP contribution is 2.32. The van der Waals surface area contributed by atoms with Gasteiger partial charge >= 0.3 is 12.1 Å². The van der Waals surface area contributed by atoms with Crippen LogP contribution in [0.5, 0.6) is 0 Å². The summed E-state index contributed by atoms with van der Waals surface area (Å²) in [5.74, 6) is -0.418. The van der Waals surface area contributed by atoms with Crippen LogP contribution < -0.4 is 10.6 Å². The van der Waals surface area contributed by atoms with Crippen LogP contribution in [0, 0.1) is 5.92 Å². The first-order valence-electron chi connectivity index (χ1n) is 8.70. The van der Waals surface area contributed by atoms with Crippen LogP contribution in [0.3, 0.4) is 0 Å². The van der Waals surface area contributed by atoms with E-state index < -0.39 is 17.7 Å². The molecule has 2 rings (SSSR count). The number of benzene rings is 1. The number of carbonyl (C=O) groups excluding carboxylic acids is 3. The second-order valence-electron chi connectivity index (χ2n) is 7.48. The minimum Gasteiger partial charge on any atom is -0.452 e. The summed E-state index contributed by atoms with van der Waals surface area (Å²) in [7, 11) is 0. The van der Waals surface area contributed by atoms with Crippen molar-refractivity contribution in [2.45, 2.75) is 52.2 Å². The van der Waals surface area contributed by atoms with Gasteiger partial charge in [-0.25, -0.2) is 9.59 Å². The molecule has 0 saturated heterocycles. The SMILES string of the molecule is C[C@@H](NC(=O)COC(=O)c1cccc(NC(=O)OC(C)(C)C)c1)C1CC1. The summed E-state index contributed by atoms with van der Waals surface area (Å²) in [6, 6.07) is 6.36. The molecule has 0 heterocycles. The molecule has 1 saturated carbocycles. The summed E-state index contributed by atoms with van der Waals surface area (Å²) in [4.78, 5) is 35.7. The average Bonchev–Trinajstić information content (AvgIpc) is 3.35. The highest BCUT2D eigenvalue weighted by Gasteiger charge is 2.29. The van der Waals surface area contributed by atoms with Gasteiger partial charge in [-0.3, -0.25) is 10.1 Å². The van der Waals surface area contributed by atoms with Crippen LogP contribution in [0.2, 0.25) is 0 Å². The molecule has 2 N–H and O–H groups in total. The Morgan fingerprint density at radius 3 is 2.54 bits per heavy atom. The van der Waals surface area contributed by atoms with E-state index in [0.29, 0.717) is 11.6 Å². The fourth-order valence-electron chi connectivity index (χ4n) is 2.37. The lowest BCUT2D eigenvalue weighted by Gasteiger charge is -2.19. The number of rotatable bonds is 6. The fourth-order valence-corrected chi connectivity index (χ4v) is 2.37. The molecule has 0 unspecified atom stereocenters. The van der Waals surface area contributed by atoms with Crippen molar-refractivity contribution in [1.82, 2.24) is 5.32 Å². The Hall–Kier alpha value is -2.57. The molecule has 7 heteroatoms. The van der Waals surface area contributed by atoms with Gasteiger partial charge in [0.05, 0.1) is 5.56 Å². The zero-order valence-corrected chi connectivity index (χ0v) is 15.6. The largest absolute Gasteiger partial charge is 0.452 e. The molecule has 0 bridgehead atoms. The van der Waals surface area contributed by atoms with Crippen LogP contribution in [0.4, 0.5) is 10.5 Å². The Bertz CT molecular complexity index is 677. The molecule has 1 fully saturated rings. The molecule has 2 amide bonds. The molecule has 0 aliphatic heterocycles. The first-order valence-corrected chi connectivity index (χ1v) is 8.70. The number of amides is 2. The first-order chi connectivity index (χ1) is 12.1. The topological polar surface area (TPSA) is 93.7 Å². The fraction of sp³-hybridized carbons (Fsp3) is 0.526. The second kappa shape index (κ2) is 8.21. The van der Waals surface area contributed by atoms with Crippen molar-refractivity contribution >= 4 is 23.7 Å². The molecule has 142 valence electrons. The van der Waals surface area contributed by atoms with Crippen LogP contribution >= 0.6 is 0 Å². The monoisotopic (exact) mass is 362 g/mol. The minimum atomic E-state index is -0.632. The lowest BCUT2D eigenvalue weighted by Crippen LogP contribution is -2.37. The Labute approximate surface area is 153 Å². The maximum atomic E-state index is 12.1. The van der Waals surface area contributed by atoms with Gasteiger partial charge in [0, 0.05) is 11.7 Å². The van der Waals surface area contributed by atoms with E-state index in [1.165, 1.54) is 6.07 Å². The minimum absolute atomic E-state index is 0.0996. The highest BCUT2D eigenvalue weighted by atomic mass is 16.6. The molecule has 0 spiro atoms. The molecule has 0 aromatic heterocycles. The number of anilines is 1. The van der Waals surface area contributed by atoms with E-state index in [-0.39, 0.29) is 24.1 Å². The smallest absolute Gasteiger partial charge is 0.412 e. The molecule has 26 heavy (non-hydrogen) atoms. The normalized spacial score (nSPS) is 14.9. The van der Waals surface area contributed by atoms with Crippen molar-refractivity contribution in [2.75, 3.05) is 11.9 Å². The van der Waals surface area contributed by atoms with Gasteiger partial charge in [0.1, 0.15) is 5.60 Å². The molecule has 7 nitrogen and oxygen atoms in total. The third kappa shape index (κ3) is 6.74. The van der Waals surface area contributed by atoms with E-state index in [1.54, 1.807) is 39.0 Å². The van der Waals surface area contributed by atoms with Crippen molar-refractivity contribution in [3.8, 4) is 0 Å². The lowest BCUT2D eigenvalue weighted by atomic mass is 10.2. The number of esters is 1. The van der Waals surface area contributed by atoms with E-state index in [1.807, 2.05) is 6.92 Å². The van der Waals surface area contributed by atoms with Crippen molar-refractivity contribution in [3.63, 3.8) is 0 Å². The van der Waals surface area contributed by atoms with E-state index in [2.05, 4.69) is 10.6 Å². The molecule has 1 aliphatic carbocycles. The lowest BCUT2D eigenvalue weighted by molar-refractivity contribution is -0.124. The maximum absolute atomic E-state index is 12.1. The summed E-state index contributed by atoms with van der Waals surface area (Å²) in [5, 5.41) is 5.37. The van der Waals surface area contributed by atoms with Crippen LogP contribution in [0.1, 0.15) is 50.9 Å². The molecular weight excluding hydrogens is 336 g/mol. The second-order valence-corrected chi connectivity index (χ2v) is 7.48. The Morgan fingerprint density at radius 2 is 1.92 bits per heavy atom. The molecule has 1 aliphatic rings. The van der Waals surface area contributed by atoms with Crippen molar-refractivity contribution in [1.29, 1.82) is 0 Å². The standard InChI is InChI=1S/C19H26N2O5/c1-12(13-8-9-13)20-16(22)11-25-17(23)14-6-5-7-15(10-14)21-18(24)26-19(2,3)4/h5-7,10,12-13H,8-9,11H2,1-4H3,(H,20,22)(H,21,24)/t12-/m1/s1. The predicted octanol–water partition coefficient (Wildman–Crippen LogP) is 3.11. The molecule has 1 atom stereocenters. The summed E-state index contributed by atoms with van der Waals surface area (Å²) in [6.07, 6.45) is 1.63. The van der Waals surface area contributed by atoms with Crippen molar-refractivity contribution < 1.29 is 23.9 Å². The van der Waals surface area contributed by atoms with Gasteiger partial charge in [-0.2, -0.15) is 0 Å². The number of carbonyl (C=O) groups is 3. The number of nitrogens with one attached hydrogen (secondary N) is 2. The average molecular weight is 362 g/mol. The Morgan fingerprint density at radius 1 is 1.23 bits per heavy atom. The third-order valence-corrected chi connectivity index (χ3v) is 3.80. The number of ether oxygens (including phenoxy) is 2. The van der Waals surface area contributed by atoms with Crippen LogP contribution in [-0.4, -0.2) is 36.2 Å². The van der Waals surface area contributed by atoms with E-state index in [0.717, 1.165) is 12.8 Å². The zero-order chi connectivity index (χ0) is 19.3. The van der Waals surface area contributed by atoms with Gasteiger partial charge in [-0.15, -0.1) is 0 Å². The Kier molecular flexibility index (Phi) is 6.23. The third-order valence-electron chi connectivity index (χ3n) is 3.80. The predicted molar refractivity (Wildman–Crippen MR) is 96.9 cm³/mol.